The van der Waals surface area contributed by atoms with Gasteiger partial charge in [0.25, 0.3) is 0 Å². The number of hydrogen-bond acceptors (Lipinski definition) is 1. The number of rotatable bonds is 2. The number of para-hydroxylation sites is 1. The minimum absolute atomic E-state index is 0.505. The highest BCUT2D eigenvalue weighted by Gasteiger charge is 2.19. The van der Waals surface area contributed by atoms with Crippen LogP contribution in [0.4, 0.5) is 5.69 Å². The van der Waals surface area contributed by atoms with Gasteiger partial charge >= 0.3 is 0 Å². The average Bonchev–Trinajstić information content (AvgIpc) is 2.43. The highest BCUT2D eigenvalue weighted by atomic mass is 79.9. The summed E-state index contributed by atoms with van der Waals surface area (Å²) in [6, 6.07) is 15.5. The van der Waals surface area contributed by atoms with Crippen LogP contribution in [0.25, 0.3) is 0 Å². The Morgan fingerprint density at radius 2 is 1.58 bits per heavy atom. The Morgan fingerprint density at radius 1 is 0.895 bits per heavy atom. The number of halogens is 2. The highest BCUT2D eigenvalue weighted by molar-refractivity contribution is 9.11. The largest absolute Gasteiger partial charge is 0.380 e. The molecule has 0 aliphatic heterocycles. The summed E-state index contributed by atoms with van der Waals surface area (Å²) in [4.78, 5) is 0. The van der Waals surface area contributed by atoms with E-state index in [2.05, 4.69) is 73.6 Å². The van der Waals surface area contributed by atoms with Crippen LogP contribution in [0.5, 0.6) is 0 Å². The predicted molar refractivity (Wildman–Crippen MR) is 87.7 cm³/mol. The molecule has 0 aromatic heterocycles. The molecule has 2 aromatic carbocycles. The van der Waals surface area contributed by atoms with E-state index >= 15 is 0 Å². The van der Waals surface area contributed by atoms with E-state index in [4.69, 9.17) is 0 Å². The Labute approximate surface area is 130 Å². The van der Waals surface area contributed by atoms with Crippen LogP contribution in [-0.2, 0) is 12.8 Å². The zero-order valence-electron chi connectivity index (χ0n) is 10.5. The van der Waals surface area contributed by atoms with Crippen LogP contribution in [0.2, 0.25) is 0 Å². The first-order chi connectivity index (χ1) is 9.24. The van der Waals surface area contributed by atoms with Crippen molar-refractivity contribution in [2.24, 2.45) is 0 Å². The van der Waals surface area contributed by atoms with Crippen LogP contribution in [0.3, 0.4) is 0 Å². The van der Waals surface area contributed by atoms with E-state index in [0.717, 1.165) is 27.5 Å². The second kappa shape index (κ2) is 5.68. The molecule has 3 heteroatoms. The first kappa shape index (κ1) is 13.2. The predicted octanol–water partition coefficient (Wildman–Crippen LogP) is 5.18. The zero-order chi connectivity index (χ0) is 13.2. The van der Waals surface area contributed by atoms with Crippen molar-refractivity contribution < 1.29 is 0 Å². The fourth-order valence-corrected chi connectivity index (χ4v) is 3.89. The fourth-order valence-electron chi connectivity index (χ4n) is 2.66. The summed E-state index contributed by atoms with van der Waals surface area (Å²) < 4.78 is 2.22. The number of hydrogen-bond donors (Lipinski definition) is 1. The molecule has 0 saturated heterocycles. The quantitative estimate of drug-likeness (QED) is 0.756. The normalized spacial score (nSPS) is 17.9. The van der Waals surface area contributed by atoms with Gasteiger partial charge in [-0.05, 0) is 74.4 Å². The molecule has 2 aromatic rings. The standard InChI is InChI=1S/C16H15Br2N/c17-14-6-3-7-15(18)16(14)19-13-9-8-11-4-1-2-5-12(11)10-13/h1-7,13,19H,8-10H2. The SMILES string of the molecule is Brc1cccc(Br)c1NC1CCc2ccccc2C1. The van der Waals surface area contributed by atoms with E-state index in [0.29, 0.717) is 6.04 Å². The lowest BCUT2D eigenvalue weighted by Gasteiger charge is -2.27. The fraction of sp³-hybridized carbons (Fsp3) is 0.250. The van der Waals surface area contributed by atoms with Crippen LogP contribution in [-0.4, -0.2) is 6.04 Å². The summed E-state index contributed by atoms with van der Waals surface area (Å²) in [7, 11) is 0. The molecule has 1 nitrogen and oxygen atoms in total. The van der Waals surface area contributed by atoms with Crippen molar-refractivity contribution in [3.05, 3.63) is 62.5 Å². The molecule has 1 aliphatic rings. The molecule has 1 N–H and O–H groups in total. The van der Waals surface area contributed by atoms with Crippen LogP contribution < -0.4 is 5.32 Å². The number of aryl methyl sites for hydroxylation is 1. The summed E-state index contributed by atoms with van der Waals surface area (Å²) >= 11 is 7.23. The van der Waals surface area contributed by atoms with Gasteiger partial charge in [0.2, 0.25) is 0 Å². The zero-order valence-corrected chi connectivity index (χ0v) is 13.7. The molecule has 1 atom stereocenters. The lowest BCUT2D eigenvalue weighted by atomic mass is 9.88. The van der Waals surface area contributed by atoms with Gasteiger partial charge in [-0.25, -0.2) is 0 Å². The summed E-state index contributed by atoms with van der Waals surface area (Å²) in [5.74, 6) is 0. The monoisotopic (exact) mass is 379 g/mol. The van der Waals surface area contributed by atoms with Gasteiger partial charge in [0.15, 0.2) is 0 Å². The van der Waals surface area contributed by atoms with Gasteiger partial charge in [-0.15, -0.1) is 0 Å². The van der Waals surface area contributed by atoms with E-state index in [1.807, 2.05) is 6.07 Å². The van der Waals surface area contributed by atoms with Crippen LogP contribution in [0, 0.1) is 0 Å². The maximum atomic E-state index is 3.66. The van der Waals surface area contributed by atoms with E-state index in [1.54, 1.807) is 0 Å². The minimum Gasteiger partial charge on any atom is -0.380 e. The Kier molecular flexibility index (Phi) is 3.94. The summed E-state index contributed by atoms with van der Waals surface area (Å²) in [5.41, 5.74) is 4.15. The minimum atomic E-state index is 0.505. The summed E-state index contributed by atoms with van der Waals surface area (Å²) in [6.45, 7) is 0. The van der Waals surface area contributed by atoms with Crippen molar-refractivity contribution in [1.29, 1.82) is 0 Å². The molecule has 3 rings (SSSR count). The van der Waals surface area contributed by atoms with Crippen molar-refractivity contribution in [2.75, 3.05) is 5.32 Å². The van der Waals surface area contributed by atoms with Crippen LogP contribution >= 0.6 is 31.9 Å². The van der Waals surface area contributed by atoms with Crippen molar-refractivity contribution in [2.45, 2.75) is 25.3 Å². The first-order valence-corrected chi connectivity index (χ1v) is 8.10. The van der Waals surface area contributed by atoms with Gasteiger partial charge in [-0.2, -0.15) is 0 Å². The third kappa shape index (κ3) is 2.87. The van der Waals surface area contributed by atoms with E-state index in [9.17, 15) is 0 Å². The Morgan fingerprint density at radius 3 is 2.32 bits per heavy atom. The summed E-state index contributed by atoms with van der Waals surface area (Å²) in [5, 5.41) is 3.66. The first-order valence-electron chi connectivity index (χ1n) is 6.51. The molecule has 0 saturated carbocycles. The van der Waals surface area contributed by atoms with Crippen molar-refractivity contribution in [3.8, 4) is 0 Å². The number of benzene rings is 2. The van der Waals surface area contributed by atoms with Gasteiger partial charge in [0.1, 0.15) is 0 Å². The third-order valence-electron chi connectivity index (χ3n) is 3.66. The van der Waals surface area contributed by atoms with Gasteiger partial charge in [0.05, 0.1) is 5.69 Å². The third-order valence-corrected chi connectivity index (χ3v) is 4.98. The lowest BCUT2D eigenvalue weighted by molar-refractivity contribution is 0.610. The van der Waals surface area contributed by atoms with E-state index < -0.39 is 0 Å². The van der Waals surface area contributed by atoms with E-state index in [-0.39, 0.29) is 0 Å². The number of nitrogens with one attached hydrogen (secondary N) is 1. The molecular weight excluding hydrogens is 366 g/mol. The number of fused-ring (bicyclic) bond motifs is 1. The molecule has 19 heavy (non-hydrogen) atoms. The molecule has 0 bridgehead atoms. The van der Waals surface area contributed by atoms with Gasteiger partial charge in [0, 0.05) is 15.0 Å². The lowest BCUT2D eigenvalue weighted by Crippen LogP contribution is -2.27. The second-order valence-corrected chi connectivity index (χ2v) is 6.66. The number of anilines is 1. The van der Waals surface area contributed by atoms with Crippen molar-refractivity contribution >= 4 is 37.5 Å². The van der Waals surface area contributed by atoms with Crippen molar-refractivity contribution in [1.82, 2.24) is 0 Å². The molecule has 98 valence electrons. The summed E-state index contributed by atoms with van der Waals surface area (Å²) in [6.07, 6.45) is 3.45. The Hall–Kier alpha value is -0.800. The molecular formula is C16H15Br2N. The molecule has 1 unspecified atom stereocenters. The maximum absolute atomic E-state index is 3.66. The van der Waals surface area contributed by atoms with Crippen LogP contribution in [0.1, 0.15) is 17.5 Å². The van der Waals surface area contributed by atoms with Gasteiger partial charge in [-0.3, -0.25) is 0 Å². The van der Waals surface area contributed by atoms with E-state index in [1.165, 1.54) is 17.5 Å². The Balaban J connectivity index is 1.79. The van der Waals surface area contributed by atoms with Crippen molar-refractivity contribution in [3.63, 3.8) is 0 Å². The Bertz CT molecular complexity index is 575. The smallest absolute Gasteiger partial charge is 0.0631 e. The second-order valence-electron chi connectivity index (χ2n) is 4.95. The molecule has 0 amide bonds. The molecule has 0 spiro atoms. The molecule has 1 aliphatic carbocycles. The average molecular weight is 381 g/mol. The molecule has 0 radical (unpaired) electrons. The molecule has 0 fully saturated rings. The van der Waals surface area contributed by atoms with Gasteiger partial charge in [-0.1, -0.05) is 30.3 Å². The highest BCUT2D eigenvalue weighted by Crippen LogP contribution is 2.33. The topological polar surface area (TPSA) is 12.0 Å². The maximum Gasteiger partial charge on any atom is 0.0631 e. The van der Waals surface area contributed by atoms with Crippen LogP contribution in [0.15, 0.2) is 51.4 Å². The molecule has 0 heterocycles. The van der Waals surface area contributed by atoms with Gasteiger partial charge < -0.3 is 5.32 Å².